The van der Waals surface area contributed by atoms with Gasteiger partial charge in [0.25, 0.3) is 0 Å². The lowest BCUT2D eigenvalue weighted by Gasteiger charge is -2.30. The third-order valence-electron chi connectivity index (χ3n) is 3.31. The molecule has 3 heterocycles. The minimum absolute atomic E-state index is 0.449. The number of nitrogens with zero attached hydrogens (tertiary/aromatic N) is 3. The normalized spacial score (nSPS) is 21.3. The van der Waals surface area contributed by atoms with Crippen LogP contribution in [0.2, 0.25) is 5.15 Å². The summed E-state index contributed by atoms with van der Waals surface area (Å²) in [6.45, 7) is 2.23. The number of anilines is 1. The van der Waals surface area contributed by atoms with E-state index in [4.69, 9.17) is 11.6 Å². The van der Waals surface area contributed by atoms with Gasteiger partial charge in [-0.3, -0.25) is 0 Å². The molecule has 0 aliphatic carbocycles. The molecule has 1 unspecified atom stereocenters. The Balaban J connectivity index is 1.86. The standard InChI is InChI=1S/C12H15ClN4S/c1-17-5-2-3-8(7-17)14-12-10-9(4-6-18-10)11(13)15-16-12/h4,6,8H,2-3,5,7H2,1H3,(H,14,16). The van der Waals surface area contributed by atoms with Gasteiger partial charge >= 0.3 is 0 Å². The molecule has 2 aromatic heterocycles. The fraction of sp³-hybridized carbons (Fsp3) is 0.500. The minimum atomic E-state index is 0.449. The molecule has 1 saturated heterocycles. The molecule has 1 N–H and O–H groups in total. The third-order valence-corrected chi connectivity index (χ3v) is 4.51. The summed E-state index contributed by atoms with van der Waals surface area (Å²) in [5.74, 6) is 0.865. The zero-order valence-corrected chi connectivity index (χ0v) is 11.8. The molecule has 1 aliphatic rings. The average Bonchev–Trinajstić information content (AvgIpc) is 2.83. The van der Waals surface area contributed by atoms with E-state index in [-0.39, 0.29) is 0 Å². The highest BCUT2D eigenvalue weighted by molar-refractivity contribution is 7.17. The summed E-state index contributed by atoms with van der Waals surface area (Å²) in [7, 11) is 2.15. The van der Waals surface area contributed by atoms with Gasteiger partial charge < -0.3 is 10.2 Å². The quantitative estimate of drug-likeness (QED) is 0.920. The van der Waals surface area contributed by atoms with Gasteiger partial charge in [0.1, 0.15) is 0 Å². The number of likely N-dealkylation sites (N-methyl/N-ethyl adjacent to an activating group) is 1. The lowest BCUT2D eigenvalue weighted by molar-refractivity contribution is 0.261. The molecule has 6 heteroatoms. The molecule has 0 aromatic carbocycles. The fourth-order valence-corrected chi connectivity index (χ4v) is 3.51. The predicted octanol–water partition coefficient (Wildman–Crippen LogP) is 2.85. The smallest absolute Gasteiger partial charge is 0.167 e. The van der Waals surface area contributed by atoms with E-state index in [2.05, 4.69) is 27.5 Å². The monoisotopic (exact) mass is 282 g/mol. The summed E-state index contributed by atoms with van der Waals surface area (Å²) in [5, 5.41) is 15.2. The molecule has 2 aromatic rings. The first-order valence-electron chi connectivity index (χ1n) is 6.08. The van der Waals surface area contributed by atoms with Crippen LogP contribution in [0.25, 0.3) is 10.1 Å². The Morgan fingerprint density at radius 2 is 2.39 bits per heavy atom. The van der Waals surface area contributed by atoms with Gasteiger partial charge in [-0.1, -0.05) is 11.6 Å². The van der Waals surface area contributed by atoms with Gasteiger partial charge in [-0.2, -0.15) is 0 Å². The highest BCUT2D eigenvalue weighted by atomic mass is 35.5. The number of likely N-dealkylation sites (tertiary alicyclic amines) is 1. The van der Waals surface area contributed by atoms with Crippen LogP contribution in [0, 0.1) is 0 Å². The molecule has 96 valence electrons. The van der Waals surface area contributed by atoms with E-state index >= 15 is 0 Å². The van der Waals surface area contributed by atoms with Gasteiger partial charge in [-0.15, -0.1) is 21.5 Å². The summed E-state index contributed by atoms with van der Waals surface area (Å²) in [6.07, 6.45) is 2.41. The van der Waals surface area contributed by atoms with Crippen LogP contribution in [0.4, 0.5) is 5.82 Å². The van der Waals surface area contributed by atoms with Gasteiger partial charge in [-0.05, 0) is 37.9 Å². The van der Waals surface area contributed by atoms with Crippen LogP contribution in [-0.2, 0) is 0 Å². The van der Waals surface area contributed by atoms with Crippen LogP contribution in [0.1, 0.15) is 12.8 Å². The fourth-order valence-electron chi connectivity index (χ4n) is 2.42. The first kappa shape index (κ1) is 12.1. The molecule has 0 radical (unpaired) electrons. The van der Waals surface area contributed by atoms with Crippen LogP contribution in [0.3, 0.4) is 0 Å². The lowest BCUT2D eigenvalue weighted by Crippen LogP contribution is -2.39. The summed E-state index contributed by atoms with van der Waals surface area (Å²) in [4.78, 5) is 2.34. The van der Waals surface area contributed by atoms with Crippen molar-refractivity contribution in [1.29, 1.82) is 0 Å². The molecule has 3 rings (SSSR count). The Hall–Kier alpha value is -0.910. The maximum absolute atomic E-state index is 6.03. The zero-order valence-electron chi connectivity index (χ0n) is 10.2. The summed E-state index contributed by atoms with van der Waals surface area (Å²) < 4.78 is 1.10. The van der Waals surface area contributed by atoms with Crippen LogP contribution >= 0.6 is 22.9 Å². The molecule has 1 aliphatic heterocycles. The molecule has 0 amide bonds. The van der Waals surface area contributed by atoms with Crippen molar-refractivity contribution in [2.45, 2.75) is 18.9 Å². The first-order chi connectivity index (χ1) is 8.74. The second-order valence-corrected chi connectivity index (χ2v) is 6.02. The molecule has 0 spiro atoms. The van der Waals surface area contributed by atoms with Gasteiger partial charge in [-0.25, -0.2) is 0 Å². The summed E-state index contributed by atoms with van der Waals surface area (Å²) in [5.41, 5.74) is 0. The number of thiophene rings is 1. The lowest BCUT2D eigenvalue weighted by atomic mass is 10.1. The SMILES string of the molecule is CN1CCCC(Nc2nnc(Cl)c3ccsc23)C1. The molecule has 0 saturated carbocycles. The number of nitrogens with one attached hydrogen (secondary N) is 1. The minimum Gasteiger partial charge on any atom is -0.363 e. The van der Waals surface area contributed by atoms with E-state index in [0.29, 0.717) is 11.2 Å². The van der Waals surface area contributed by atoms with E-state index in [0.717, 1.165) is 22.4 Å². The maximum atomic E-state index is 6.03. The highest BCUT2D eigenvalue weighted by Crippen LogP contribution is 2.31. The topological polar surface area (TPSA) is 41.0 Å². The van der Waals surface area contributed by atoms with Crippen molar-refractivity contribution in [1.82, 2.24) is 15.1 Å². The third kappa shape index (κ3) is 2.30. The van der Waals surface area contributed by atoms with E-state index < -0.39 is 0 Å². The maximum Gasteiger partial charge on any atom is 0.167 e. The van der Waals surface area contributed by atoms with E-state index in [9.17, 15) is 0 Å². The van der Waals surface area contributed by atoms with Crippen molar-refractivity contribution in [3.63, 3.8) is 0 Å². The Labute approximate surface area is 115 Å². The van der Waals surface area contributed by atoms with E-state index in [1.807, 2.05) is 11.4 Å². The van der Waals surface area contributed by atoms with Crippen molar-refractivity contribution >= 4 is 38.8 Å². The van der Waals surface area contributed by atoms with Crippen LogP contribution < -0.4 is 5.32 Å². The largest absolute Gasteiger partial charge is 0.363 e. The number of aromatic nitrogens is 2. The predicted molar refractivity (Wildman–Crippen MR) is 76.6 cm³/mol. The van der Waals surface area contributed by atoms with Crippen molar-refractivity contribution in [2.75, 3.05) is 25.5 Å². The van der Waals surface area contributed by atoms with Gasteiger partial charge in [0.05, 0.1) is 4.70 Å². The van der Waals surface area contributed by atoms with Crippen LogP contribution in [0.15, 0.2) is 11.4 Å². The highest BCUT2D eigenvalue weighted by Gasteiger charge is 2.19. The van der Waals surface area contributed by atoms with Gasteiger partial charge in [0, 0.05) is 18.0 Å². The van der Waals surface area contributed by atoms with Crippen molar-refractivity contribution in [2.24, 2.45) is 0 Å². The first-order valence-corrected chi connectivity index (χ1v) is 7.34. The molecule has 18 heavy (non-hydrogen) atoms. The Bertz CT molecular complexity index is 556. The molecular formula is C12H15ClN4S. The second-order valence-electron chi connectivity index (χ2n) is 4.75. The number of rotatable bonds is 2. The molecule has 1 atom stereocenters. The van der Waals surface area contributed by atoms with Crippen molar-refractivity contribution in [3.8, 4) is 0 Å². The van der Waals surface area contributed by atoms with Gasteiger partial charge in [0.2, 0.25) is 0 Å². The summed E-state index contributed by atoms with van der Waals surface area (Å²) >= 11 is 7.69. The Morgan fingerprint density at radius 3 is 3.22 bits per heavy atom. The molecule has 1 fully saturated rings. The molecular weight excluding hydrogens is 268 g/mol. The second kappa shape index (κ2) is 4.99. The average molecular weight is 283 g/mol. The molecule has 4 nitrogen and oxygen atoms in total. The van der Waals surface area contributed by atoms with Crippen molar-refractivity contribution in [3.05, 3.63) is 16.6 Å². The Morgan fingerprint density at radius 1 is 1.50 bits per heavy atom. The van der Waals surface area contributed by atoms with Crippen molar-refractivity contribution < 1.29 is 0 Å². The van der Waals surface area contributed by atoms with E-state index in [1.54, 1.807) is 11.3 Å². The van der Waals surface area contributed by atoms with E-state index in [1.165, 1.54) is 19.4 Å². The van der Waals surface area contributed by atoms with Crippen LogP contribution in [-0.4, -0.2) is 41.3 Å². The molecule has 0 bridgehead atoms. The Kier molecular flexibility index (Phi) is 3.37. The van der Waals surface area contributed by atoms with Gasteiger partial charge in [0.15, 0.2) is 11.0 Å². The zero-order chi connectivity index (χ0) is 12.5. The number of piperidine rings is 1. The summed E-state index contributed by atoms with van der Waals surface area (Å²) in [6, 6.07) is 2.44. The number of hydrogen-bond donors (Lipinski definition) is 1. The van der Waals surface area contributed by atoms with Crippen LogP contribution in [0.5, 0.6) is 0 Å². The number of hydrogen-bond acceptors (Lipinski definition) is 5. The number of fused-ring (bicyclic) bond motifs is 1. The number of halogens is 1.